The molecule has 1 amide bonds. The minimum atomic E-state index is -0.650. The molecule has 4 aromatic rings. The van der Waals surface area contributed by atoms with Crippen LogP contribution in [-0.4, -0.2) is 35.7 Å². The molecule has 2 heterocycles. The summed E-state index contributed by atoms with van der Waals surface area (Å²) >= 11 is 7.54. The minimum Gasteiger partial charge on any atom is -0.496 e. The number of benzene rings is 2. The van der Waals surface area contributed by atoms with Gasteiger partial charge < -0.3 is 19.3 Å². The maximum absolute atomic E-state index is 12.4. The van der Waals surface area contributed by atoms with E-state index in [-0.39, 0.29) is 19.0 Å². The third-order valence-electron chi connectivity index (χ3n) is 4.31. The molecule has 2 aromatic carbocycles. The molecule has 0 aliphatic carbocycles. The van der Waals surface area contributed by atoms with E-state index in [1.165, 1.54) is 11.3 Å². The van der Waals surface area contributed by atoms with Gasteiger partial charge in [0.25, 0.3) is 11.8 Å². The van der Waals surface area contributed by atoms with Crippen LogP contribution in [-0.2, 0) is 16.1 Å². The Morgan fingerprint density at radius 3 is 2.74 bits per heavy atom. The Hall–Kier alpha value is -3.43. The number of methoxy groups -OCH3 is 1. The summed E-state index contributed by atoms with van der Waals surface area (Å²) in [5.74, 6) is -0.0687. The molecule has 0 fully saturated rings. The molecule has 0 aliphatic rings. The molecule has 0 saturated carbocycles. The average molecular weight is 458 g/mol. The molecule has 1 N–H and O–H groups in total. The van der Waals surface area contributed by atoms with Gasteiger partial charge in [-0.05, 0) is 18.2 Å². The Morgan fingerprint density at radius 1 is 1.16 bits per heavy atom. The van der Waals surface area contributed by atoms with Crippen LogP contribution in [0, 0.1) is 0 Å². The van der Waals surface area contributed by atoms with E-state index in [0.717, 1.165) is 10.1 Å². The van der Waals surface area contributed by atoms with Crippen molar-refractivity contribution in [3.8, 4) is 17.1 Å². The number of nitrogens with zero attached hydrogens (tertiary/aromatic N) is 2. The molecule has 0 unspecified atom stereocenters. The number of ether oxygens (including phenoxy) is 2. The van der Waals surface area contributed by atoms with E-state index < -0.39 is 11.9 Å². The van der Waals surface area contributed by atoms with Crippen LogP contribution in [0.3, 0.4) is 0 Å². The van der Waals surface area contributed by atoms with Crippen molar-refractivity contribution < 1.29 is 23.6 Å². The molecular weight excluding hydrogens is 442 g/mol. The Kier molecular flexibility index (Phi) is 6.15. The first-order valence-corrected chi connectivity index (χ1v) is 10.3. The van der Waals surface area contributed by atoms with Gasteiger partial charge in [0, 0.05) is 10.1 Å². The fourth-order valence-electron chi connectivity index (χ4n) is 2.84. The van der Waals surface area contributed by atoms with E-state index in [0.29, 0.717) is 27.0 Å². The maximum atomic E-state index is 12.4. The van der Waals surface area contributed by atoms with Crippen LogP contribution in [0.5, 0.6) is 5.75 Å². The summed E-state index contributed by atoms with van der Waals surface area (Å²) in [5.41, 5.74) is 0.652. The lowest BCUT2D eigenvalue weighted by molar-refractivity contribution is -0.144. The third kappa shape index (κ3) is 4.52. The van der Waals surface area contributed by atoms with Crippen molar-refractivity contribution >= 4 is 44.9 Å². The lowest BCUT2D eigenvalue weighted by Gasteiger charge is -2.04. The number of halogens is 1. The number of aromatic nitrogens is 2. The first-order chi connectivity index (χ1) is 15.1. The topological polar surface area (TPSA) is 104 Å². The fourth-order valence-corrected chi connectivity index (χ4v) is 4.27. The van der Waals surface area contributed by atoms with Gasteiger partial charge in [-0.2, -0.15) is 4.98 Å². The Morgan fingerprint density at radius 2 is 1.94 bits per heavy atom. The number of thiophene rings is 1. The number of carbonyl (C=O) groups is 2. The van der Waals surface area contributed by atoms with E-state index in [1.807, 2.05) is 36.4 Å². The van der Waals surface area contributed by atoms with Gasteiger partial charge in [-0.1, -0.05) is 47.1 Å². The van der Waals surface area contributed by atoms with Crippen LogP contribution in [0.25, 0.3) is 21.5 Å². The molecule has 158 valence electrons. The van der Waals surface area contributed by atoms with Crippen molar-refractivity contribution in [3.05, 3.63) is 64.3 Å². The summed E-state index contributed by atoms with van der Waals surface area (Å²) in [4.78, 5) is 28.9. The first-order valence-electron chi connectivity index (χ1n) is 9.13. The van der Waals surface area contributed by atoms with Crippen LogP contribution >= 0.6 is 22.9 Å². The van der Waals surface area contributed by atoms with E-state index >= 15 is 0 Å². The standard InChI is InChI=1S/C21H16ClN3O5S/c1-28-14-8-4-2-6-12(14)20-24-16(30-25-20)11-29-17(26)10-23-21(27)19-18(22)13-7-3-5-9-15(13)31-19/h2-9H,10-11H2,1H3,(H,23,27). The zero-order chi connectivity index (χ0) is 21.8. The van der Waals surface area contributed by atoms with Crippen molar-refractivity contribution in [2.45, 2.75) is 6.61 Å². The zero-order valence-electron chi connectivity index (χ0n) is 16.3. The number of carbonyl (C=O) groups excluding carboxylic acids is 2. The summed E-state index contributed by atoms with van der Waals surface area (Å²) in [6.45, 7) is -0.544. The lowest BCUT2D eigenvalue weighted by Crippen LogP contribution is -2.30. The first kappa shape index (κ1) is 20.8. The predicted molar refractivity (Wildman–Crippen MR) is 115 cm³/mol. The summed E-state index contributed by atoms with van der Waals surface area (Å²) < 4.78 is 16.4. The van der Waals surface area contributed by atoms with Gasteiger partial charge >= 0.3 is 5.97 Å². The van der Waals surface area contributed by atoms with Crippen LogP contribution in [0.2, 0.25) is 5.02 Å². The third-order valence-corrected chi connectivity index (χ3v) is 5.98. The van der Waals surface area contributed by atoms with Crippen molar-refractivity contribution in [3.63, 3.8) is 0 Å². The van der Waals surface area contributed by atoms with E-state index in [1.54, 1.807) is 19.2 Å². The monoisotopic (exact) mass is 457 g/mol. The largest absolute Gasteiger partial charge is 0.496 e. The average Bonchev–Trinajstić information content (AvgIpc) is 3.41. The number of hydrogen-bond donors (Lipinski definition) is 1. The second kappa shape index (κ2) is 9.15. The Balaban J connectivity index is 1.32. The molecule has 0 saturated heterocycles. The smallest absolute Gasteiger partial charge is 0.325 e. The molecule has 2 aromatic heterocycles. The Labute approximate surface area is 185 Å². The van der Waals surface area contributed by atoms with Crippen LogP contribution in [0.15, 0.2) is 53.1 Å². The SMILES string of the molecule is COc1ccccc1-c1noc(COC(=O)CNC(=O)c2sc3ccccc3c2Cl)n1. The van der Waals surface area contributed by atoms with Gasteiger partial charge in [-0.3, -0.25) is 9.59 Å². The number of fused-ring (bicyclic) bond motifs is 1. The number of hydrogen-bond acceptors (Lipinski definition) is 8. The van der Waals surface area contributed by atoms with Crippen LogP contribution in [0.4, 0.5) is 0 Å². The van der Waals surface area contributed by atoms with Gasteiger partial charge in [0.2, 0.25) is 5.82 Å². The zero-order valence-corrected chi connectivity index (χ0v) is 17.8. The van der Waals surface area contributed by atoms with E-state index in [9.17, 15) is 9.59 Å². The van der Waals surface area contributed by atoms with Gasteiger partial charge in [0.05, 0.1) is 17.7 Å². The summed E-state index contributed by atoms with van der Waals surface area (Å²) in [6.07, 6.45) is 0. The molecule has 0 aliphatic heterocycles. The molecular formula is C21H16ClN3O5S. The molecule has 0 bridgehead atoms. The molecule has 4 rings (SSSR count). The number of rotatable bonds is 7. The quantitative estimate of drug-likeness (QED) is 0.417. The highest BCUT2D eigenvalue weighted by molar-refractivity contribution is 7.21. The van der Waals surface area contributed by atoms with Crippen LogP contribution < -0.4 is 10.1 Å². The lowest BCUT2D eigenvalue weighted by atomic mass is 10.2. The van der Waals surface area contributed by atoms with Crippen molar-refractivity contribution in [1.29, 1.82) is 0 Å². The molecule has 0 radical (unpaired) electrons. The van der Waals surface area contributed by atoms with Crippen molar-refractivity contribution in [2.75, 3.05) is 13.7 Å². The van der Waals surface area contributed by atoms with Gasteiger partial charge in [-0.15, -0.1) is 11.3 Å². The van der Waals surface area contributed by atoms with Gasteiger partial charge in [0.1, 0.15) is 17.2 Å². The normalized spacial score (nSPS) is 10.8. The molecule has 10 heteroatoms. The molecule has 8 nitrogen and oxygen atoms in total. The number of amides is 1. The second-order valence-corrected chi connectivity index (χ2v) is 7.73. The number of nitrogens with one attached hydrogen (secondary N) is 1. The van der Waals surface area contributed by atoms with E-state index in [2.05, 4.69) is 15.5 Å². The maximum Gasteiger partial charge on any atom is 0.325 e. The highest BCUT2D eigenvalue weighted by atomic mass is 35.5. The van der Waals surface area contributed by atoms with Crippen molar-refractivity contribution in [1.82, 2.24) is 15.5 Å². The minimum absolute atomic E-state index is 0.119. The fraction of sp³-hybridized carbons (Fsp3) is 0.143. The summed E-state index contributed by atoms with van der Waals surface area (Å²) in [5, 5.41) is 7.55. The molecule has 0 spiro atoms. The van der Waals surface area contributed by atoms with Crippen molar-refractivity contribution in [2.24, 2.45) is 0 Å². The molecule has 0 atom stereocenters. The highest BCUT2D eigenvalue weighted by Gasteiger charge is 2.18. The summed E-state index contributed by atoms with van der Waals surface area (Å²) in [7, 11) is 1.54. The Bertz CT molecular complexity index is 1250. The predicted octanol–water partition coefficient (Wildman–Crippen LogP) is 4.09. The van der Waals surface area contributed by atoms with E-state index in [4.69, 9.17) is 25.6 Å². The van der Waals surface area contributed by atoms with Gasteiger partial charge in [-0.25, -0.2) is 0 Å². The van der Waals surface area contributed by atoms with Gasteiger partial charge in [0.15, 0.2) is 6.61 Å². The summed E-state index contributed by atoms with van der Waals surface area (Å²) in [6, 6.07) is 14.6. The van der Waals surface area contributed by atoms with Crippen LogP contribution in [0.1, 0.15) is 15.6 Å². The highest BCUT2D eigenvalue weighted by Crippen LogP contribution is 2.35. The number of para-hydroxylation sites is 1. The molecule has 31 heavy (non-hydrogen) atoms. The number of esters is 1. The second-order valence-electron chi connectivity index (χ2n) is 6.30.